The number of alkyl halides is 3. The predicted molar refractivity (Wildman–Crippen MR) is 92.7 cm³/mol. The van der Waals surface area contributed by atoms with Crippen LogP contribution >= 0.6 is 11.6 Å². The number of halogens is 4. The average molecular weight is 385 g/mol. The number of hydrogen-bond acceptors (Lipinski definition) is 2. The Hall–Kier alpha value is -2.54. The first-order valence-corrected chi connectivity index (χ1v) is 8.10. The number of hydrogen-bond donors (Lipinski definition) is 2. The number of aryl methyl sites for hydroxylation is 1. The fourth-order valence-corrected chi connectivity index (χ4v) is 2.28. The van der Waals surface area contributed by atoms with Gasteiger partial charge in [-0.1, -0.05) is 35.9 Å². The van der Waals surface area contributed by atoms with Crippen molar-refractivity contribution in [2.45, 2.75) is 25.6 Å². The summed E-state index contributed by atoms with van der Waals surface area (Å²) in [5.41, 5.74) is 1.56. The molecule has 4 nitrogen and oxygen atoms in total. The van der Waals surface area contributed by atoms with E-state index in [0.29, 0.717) is 17.0 Å². The maximum Gasteiger partial charge on any atom is 0.471 e. The molecule has 0 aromatic heterocycles. The van der Waals surface area contributed by atoms with Crippen LogP contribution in [-0.4, -0.2) is 18.0 Å². The van der Waals surface area contributed by atoms with E-state index in [9.17, 15) is 22.8 Å². The summed E-state index contributed by atoms with van der Waals surface area (Å²) in [6, 6.07) is 13.0. The molecular weight excluding hydrogens is 369 g/mol. The van der Waals surface area contributed by atoms with Crippen LogP contribution in [-0.2, 0) is 22.6 Å². The van der Waals surface area contributed by atoms with Gasteiger partial charge in [0.1, 0.15) is 0 Å². The van der Waals surface area contributed by atoms with E-state index in [1.807, 2.05) is 12.1 Å². The Bertz CT molecular complexity index is 777. The van der Waals surface area contributed by atoms with E-state index in [-0.39, 0.29) is 24.6 Å². The molecule has 0 aliphatic rings. The van der Waals surface area contributed by atoms with E-state index < -0.39 is 12.1 Å². The summed E-state index contributed by atoms with van der Waals surface area (Å²) in [5, 5.41) is 5.09. The molecule has 0 aliphatic heterocycles. The molecular formula is C18H16ClF3N2O2. The van der Waals surface area contributed by atoms with Crippen LogP contribution in [0.2, 0.25) is 5.02 Å². The zero-order valence-corrected chi connectivity index (χ0v) is 14.3. The molecule has 26 heavy (non-hydrogen) atoms. The number of anilines is 1. The van der Waals surface area contributed by atoms with Crippen molar-refractivity contribution in [3.8, 4) is 0 Å². The molecule has 0 spiro atoms. The molecule has 0 radical (unpaired) electrons. The third-order valence-electron chi connectivity index (χ3n) is 3.49. The topological polar surface area (TPSA) is 58.2 Å². The van der Waals surface area contributed by atoms with Crippen LogP contribution < -0.4 is 10.6 Å². The molecule has 0 aliphatic carbocycles. The molecule has 2 amide bonds. The number of carbonyl (C=O) groups excluding carboxylic acids is 2. The summed E-state index contributed by atoms with van der Waals surface area (Å²) in [6.07, 6.45) is -4.14. The molecule has 2 rings (SSSR count). The molecule has 0 bridgehead atoms. The summed E-state index contributed by atoms with van der Waals surface area (Å²) in [5.74, 6) is -2.23. The van der Waals surface area contributed by atoms with Gasteiger partial charge in [-0.15, -0.1) is 0 Å². The molecule has 0 unspecified atom stereocenters. The largest absolute Gasteiger partial charge is 0.471 e. The summed E-state index contributed by atoms with van der Waals surface area (Å²) >= 11 is 5.79. The van der Waals surface area contributed by atoms with Crippen LogP contribution in [0.15, 0.2) is 48.5 Å². The van der Waals surface area contributed by atoms with Crippen molar-refractivity contribution < 1.29 is 22.8 Å². The highest BCUT2D eigenvalue weighted by Gasteiger charge is 2.38. The number of rotatable bonds is 6. The number of benzene rings is 2. The highest BCUT2D eigenvalue weighted by Crippen LogP contribution is 2.19. The Kier molecular flexibility index (Phi) is 6.63. The molecule has 2 N–H and O–H groups in total. The first kappa shape index (κ1) is 19.8. The summed E-state index contributed by atoms with van der Waals surface area (Å²) in [4.78, 5) is 22.8. The van der Waals surface area contributed by atoms with Crippen molar-refractivity contribution in [2.24, 2.45) is 0 Å². The molecule has 8 heteroatoms. The van der Waals surface area contributed by atoms with Gasteiger partial charge in [-0.2, -0.15) is 13.2 Å². The fourth-order valence-electron chi connectivity index (χ4n) is 2.16. The lowest BCUT2D eigenvalue weighted by Crippen LogP contribution is -2.30. The van der Waals surface area contributed by atoms with Crippen LogP contribution in [0.4, 0.5) is 18.9 Å². The highest BCUT2D eigenvalue weighted by molar-refractivity contribution is 6.30. The lowest BCUT2D eigenvalue weighted by Gasteiger charge is -2.10. The van der Waals surface area contributed by atoms with Crippen molar-refractivity contribution in [3.05, 3.63) is 64.7 Å². The van der Waals surface area contributed by atoms with E-state index in [1.54, 1.807) is 23.5 Å². The zero-order chi connectivity index (χ0) is 19.2. The standard InChI is InChI=1S/C18H16ClF3N2O2/c19-14-7-4-12(5-8-14)6-9-16(25)23-11-13-2-1-3-15(10-13)24-17(26)18(20,21)22/h1-5,7-8,10H,6,9,11H2,(H,23,25)(H,24,26). The molecule has 0 saturated heterocycles. The van der Waals surface area contributed by atoms with Crippen molar-refractivity contribution in [3.63, 3.8) is 0 Å². The molecule has 0 fully saturated rings. The van der Waals surface area contributed by atoms with E-state index in [1.165, 1.54) is 18.2 Å². The van der Waals surface area contributed by atoms with Crippen LogP contribution in [0.3, 0.4) is 0 Å². The minimum absolute atomic E-state index is 0.0141. The second-order valence-corrected chi connectivity index (χ2v) is 5.99. The van der Waals surface area contributed by atoms with Gasteiger partial charge >= 0.3 is 12.1 Å². The Morgan fingerprint density at radius 1 is 1.00 bits per heavy atom. The number of amides is 2. The Morgan fingerprint density at radius 3 is 2.35 bits per heavy atom. The monoisotopic (exact) mass is 384 g/mol. The van der Waals surface area contributed by atoms with Crippen LogP contribution in [0, 0.1) is 0 Å². The molecule has 0 heterocycles. The van der Waals surface area contributed by atoms with Gasteiger partial charge in [0.15, 0.2) is 0 Å². The van der Waals surface area contributed by atoms with E-state index >= 15 is 0 Å². The smallest absolute Gasteiger partial charge is 0.352 e. The minimum Gasteiger partial charge on any atom is -0.352 e. The predicted octanol–water partition coefficient (Wildman–Crippen LogP) is 4.09. The van der Waals surface area contributed by atoms with E-state index in [2.05, 4.69) is 5.32 Å². The van der Waals surface area contributed by atoms with Gasteiger partial charge in [0.05, 0.1) is 0 Å². The van der Waals surface area contributed by atoms with Gasteiger partial charge < -0.3 is 10.6 Å². The summed E-state index contributed by atoms with van der Waals surface area (Å²) < 4.78 is 36.8. The Morgan fingerprint density at radius 2 is 1.69 bits per heavy atom. The average Bonchev–Trinajstić information content (AvgIpc) is 2.59. The molecule has 2 aromatic rings. The van der Waals surface area contributed by atoms with Gasteiger partial charge in [0.25, 0.3) is 0 Å². The lowest BCUT2D eigenvalue weighted by molar-refractivity contribution is -0.167. The minimum atomic E-state index is -4.95. The van der Waals surface area contributed by atoms with Gasteiger partial charge in [0.2, 0.25) is 5.91 Å². The maximum atomic E-state index is 12.3. The van der Waals surface area contributed by atoms with Crippen LogP contribution in [0.1, 0.15) is 17.5 Å². The normalized spacial score (nSPS) is 11.1. The lowest BCUT2D eigenvalue weighted by atomic mass is 10.1. The van der Waals surface area contributed by atoms with Crippen LogP contribution in [0.5, 0.6) is 0 Å². The van der Waals surface area contributed by atoms with Crippen molar-refractivity contribution >= 4 is 29.1 Å². The van der Waals surface area contributed by atoms with E-state index in [0.717, 1.165) is 5.56 Å². The van der Waals surface area contributed by atoms with Crippen molar-refractivity contribution in [1.29, 1.82) is 0 Å². The maximum absolute atomic E-state index is 12.3. The first-order valence-electron chi connectivity index (χ1n) is 7.72. The Balaban J connectivity index is 1.83. The number of carbonyl (C=O) groups is 2. The van der Waals surface area contributed by atoms with E-state index in [4.69, 9.17) is 11.6 Å². The van der Waals surface area contributed by atoms with Gasteiger partial charge in [0, 0.05) is 23.7 Å². The van der Waals surface area contributed by atoms with Gasteiger partial charge in [-0.05, 0) is 41.8 Å². The zero-order valence-electron chi connectivity index (χ0n) is 13.6. The number of nitrogens with one attached hydrogen (secondary N) is 2. The Labute approximate surface area is 153 Å². The highest BCUT2D eigenvalue weighted by atomic mass is 35.5. The third-order valence-corrected chi connectivity index (χ3v) is 3.74. The van der Waals surface area contributed by atoms with Crippen LogP contribution in [0.25, 0.3) is 0 Å². The summed E-state index contributed by atoms with van der Waals surface area (Å²) in [7, 11) is 0. The molecule has 138 valence electrons. The molecule has 0 atom stereocenters. The van der Waals surface area contributed by atoms with Gasteiger partial charge in [-0.3, -0.25) is 9.59 Å². The molecule has 0 saturated carbocycles. The quantitative estimate of drug-likeness (QED) is 0.788. The second-order valence-electron chi connectivity index (χ2n) is 5.56. The second kappa shape index (κ2) is 8.71. The fraction of sp³-hybridized carbons (Fsp3) is 0.222. The van der Waals surface area contributed by atoms with Crippen molar-refractivity contribution in [2.75, 3.05) is 5.32 Å². The first-order chi connectivity index (χ1) is 12.2. The summed E-state index contributed by atoms with van der Waals surface area (Å²) in [6.45, 7) is 0.148. The SMILES string of the molecule is O=C(CCc1ccc(Cl)cc1)NCc1cccc(NC(=O)C(F)(F)F)c1. The van der Waals surface area contributed by atoms with Crippen molar-refractivity contribution in [1.82, 2.24) is 5.32 Å². The van der Waals surface area contributed by atoms with Gasteiger partial charge in [-0.25, -0.2) is 0 Å². The third kappa shape index (κ3) is 6.40. The molecule has 2 aromatic carbocycles.